The first-order valence-corrected chi connectivity index (χ1v) is 7.19. The lowest BCUT2D eigenvalue weighted by Crippen LogP contribution is -2.24. The molecule has 1 atom stereocenters. The summed E-state index contributed by atoms with van der Waals surface area (Å²) in [6, 6.07) is 16.6. The molecule has 0 spiro atoms. The number of unbranched alkanes of at least 4 members (excludes halogenated alkanes) is 1. The highest BCUT2D eigenvalue weighted by Gasteiger charge is 2.28. The molecule has 21 heavy (non-hydrogen) atoms. The second-order valence-electron chi connectivity index (χ2n) is 4.95. The minimum absolute atomic E-state index is 0.666. The molecule has 0 saturated heterocycles. The fourth-order valence-corrected chi connectivity index (χ4v) is 2.14. The molecule has 0 amide bonds. The smallest absolute Gasteiger partial charge is 0.176 e. The average molecular weight is 280 g/mol. The van der Waals surface area contributed by atoms with Gasteiger partial charge in [-0.3, -0.25) is 0 Å². The van der Waals surface area contributed by atoms with E-state index in [9.17, 15) is 5.11 Å². The Morgan fingerprint density at radius 3 is 2.24 bits per heavy atom. The number of ether oxygens (including phenoxy) is 1. The zero-order chi connectivity index (χ0) is 15.1. The van der Waals surface area contributed by atoms with Gasteiger partial charge in [0.1, 0.15) is 5.75 Å². The van der Waals surface area contributed by atoms with Crippen molar-refractivity contribution in [2.24, 2.45) is 0 Å². The molecule has 2 nitrogen and oxygen atoms in total. The summed E-state index contributed by atoms with van der Waals surface area (Å²) in [5.74, 6) is 3.29. The van der Waals surface area contributed by atoms with E-state index in [0.29, 0.717) is 17.7 Å². The second kappa shape index (κ2) is 6.97. The summed E-state index contributed by atoms with van der Waals surface area (Å²) in [5, 5.41) is 10.8. The van der Waals surface area contributed by atoms with Crippen LogP contribution in [-0.2, 0) is 5.60 Å². The van der Waals surface area contributed by atoms with Gasteiger partial charge in [0.25, 0.3) is 0 Å². The fourth-order valence-electron chi connectivity index (χ4n) is 2.14. The summed E-state index contributed by atoms with van der Waals surface area (Å²) >= 11 is 0. The molecule has 0 radical (unpaired) electrons. The molecule has 0 aromatic heterocycles. The van der Waals surface area contributed by atoms with Crippen LogP contribution in [0.3, 0.4) is 0 Å². The molecule has 0 aliphatic carbocycles. The Kier molecular flexibility index (Phi) is 5.03. The first-order valence-electron chi connectivity index (χ1n) is 7.19. The Morgan fingerprint density at radius 1 is 1.05 bits per heavy atom. The third-order valence-corrected chi connectivity index (χ3v) is 3.44. The molecule has 2 rings (SSSR count). The van der Waals surface area contributed by atoms with Gasteiger partial charge in [-0.15, -0.1) is 6.42 Å². The van der Waals surface area contributed by atoms with Crippen LogP contribution in [0.2, 0.25) is 0 Å². The van der Waals surface area contributed by atoms with Gasteiger partial charge in [-0.05, 0) is 18.6 Å². The highest BCUT2D eigenvalue weighted by atomic mass is 16.5. The summed E-state index contributed by atoms with van der Waals surface area (Å²) in [4.78, 5) is 0. The minimum atomic E-state index is -1.41. The molecule has 0 saturated carbocycles. The van der Waals surface area contributed by atoms with Crippen molar-refractivity contribution in [3.05, 3.63) is 65.7 Å². The van der Waals surface area contributed by atoms with Crippen molar-refractivity contribution in [2.75, 3.05) is 6.61 Å². The Balaban J connectivity index is 2.22. The van der Waals surface area contributed by atoms with E-state index in [1.54, 1.807) is 0 Å². The molecule has 1 unspecified atom stereocenters. The predicted octanol–water partition coefficient (Wildman–Crippen LogP) is 3.73. The Hall–Kier alpha value is -2.24. The van der Waals surface area contributed by atoms with Crippen molar-refractivity contribution in [1.82, 2.24) is 0 Å². The highest BCUT2D eigenvalue weighted by Crippen LogP contribution is 2.30. The van der Waals surface area contributed by atoms with E-state index in [2.05, 4.69) is 12.8 Å². The first-order chi connectivity index (χ1) is 10.2. The number of aliphatic hydroxyl groups is 1. The van der Waals surface area contributed by atoms with Gasteiger partial charge in [-0.25, -0.2) is 0 Å². The van der Waals surface area contributed by atoms with Crippen LogP contribution in [0, 0.1) is 12.3 Å². The Bertz CT molecular complexity index is 596. The Labute approximate surface area is 126 Å². The summed E-state index contributed by atoms with van der Waals surface area (Å²) in [6.07, 6.45) is 7.70. The van der Waals surface area contributed by atoms with E-state index in [0.717, 1.165) is 18.6 Å². The summed E-state index contributed by atoms with van der Waals surface area (Å²) < 4.78 is 5.62. The monoisotopic (exact) mass is 280 g/mol. The highest BCUT2D eigenvalue weighted by molar-refractivity contribution is 5.44. The molecule has 108 valence electrons. The molecule has 0 fully saturated rings. The summed E-state index contributed by atoms with van der Waals surface area (Å²) in [6.45, 7) is 2.83. The third kappa shape index (κ3) is 3.45. The van der Waals surface area contributed by atoms with E-state index < -0.39 is 5.60 Å². The van der Waals surface area contributed by atoms with Crippen molar-refractivity contribution in [1.29, 1.82) is 0 Å². The largest absolute Gasteiger partial charge is 0.494 e. The van der Waals surface area contributed by atoms with Crippen LogP contribution in [0.5, 0.6) is 5.75 Å². The maximum Gasteiger partial charge on any atom is 0.176 e. The van der Waals surface area contributed by atoms with Crippen LogP contribution in [-0.4, -0.2) is 11.7 Å². The van der Waals surface area contributed by atoms with Crippen LogP contribution < -0.4 is 4.74 Å². The van der Waals surface area contributed by atoms with Gasteiger partial charge in [0.15, 0.2) is 5.60 Å². The minimum Gasteiger partial charge on any atom is -0.494 e. The molecule has 0 aliphatic heterocycles. The van der Waals surface area contributed by atoms with Gasteiger partial charge in [0, 0.05) is 11.1 Å². The molecule has 0 bridgehead atoms. The van der Waals surface area contributed by atoms with Crippen molar-refractivity contribution in [3.8, 4) is 18.1 Å². The van der Waals surface area contributed by atoms with Crippen molar-refractivity contribution >= 4 is 0 Å². The lowest BCUT2D eigenvalue weighted by molar-refractivity contribution is 0.145. The molecule has 0 heterocycles. The Morgan fingerprint density at radius 2 is 1.67 bits per heavy atom. The predicted molar refractivity (Wildman–Crippen MR) is 85.1 cm³/mol. The molecular weight excluding hydrogens is 260 g/mol. The topological polar surface area (TPSA) is 29.5 Å². The molecule has 2 aromatic carbocycles. The van der Waals surface area contributed by atoms with Gasteiger partial charge >= 0.3 is 0 Å². The number of terminal acetylenes is 1. The van der Waals surface area contributed by atoms with Crippen LogP contribution in [0.15, 0.2) is 54.6 Å². The lowest BCUT2D eigenvalue weighted by Gasteiger charge is -2.23. The quantitative estimate of drug-likeness (QED) is 0.645. The van der Waals surface area contributed by atoms with Crippen molar-refractivity contribution in [3.63, 3.8) is 0 Å². The van der Waals surface area contributed by atoms with Gasteiger partial charge in [-0.2, -0.15) is 0 Å². The van der Waals surface area contributed by atoms with Crippen LogP contribution in [0.25, 0.3) is 0 Å². The SMILES string of the molecule is C#CC(O)(c1ccccc1)c1ccc(OCCCC)cc1. The van der Waals surface area contributed by atoms with Gasteiger partial charge in [-0.1, -0.05) is 61.7 Å². The second-order valence-corrected chi connectivity index (χ2v) is 4.95. The maximum atomic E-state index is 10.8. The lowest BCUT2D eigenvalue weighted by atomic mass is 9.87. The van der Waals surface area contributed by atoms with Gasteiger partial charge < -0.3 is 9.84 Å². The van der Waals surface area contributed by atoms with Gasteiger partial charge in [0.2, 0.25) is 0 Å². The van der Waals surface area contributed by atoms with E-state index in [-0.39, 0.29) is 0 Å². The van der Waals surface area contributed by atoms with E-state index in [1.165, 1.54) is 0 Å². The number of rotatable bonds is 6. The van der Waals surface area contributed by atoms with Crippen LogP contribution >= 0.6 is 0 Å². The van der Waals surface area contributed by atoms with E-state index in [1.807, 2.05) is 54.6 Å². The van der Waals surface area contributed by atoms with Crippen molar-refractivity contribution in [2.45, 2.75) is 25.4 Å². The van der Waals surface area contributed by atoms with E-state index in [4.69, 9.17) is 11.2 Å². The number of benzene rings is 2. The molecular formula is C19H20O2. The summed E-state index contributed by atoms with van der Waals surface area (Å²) in [7, 11) is 0. The molecule has 0 aliphatic rings. The third-order valence-electron chi connectivity index (χ3n) is 3.44. The average Bonchev–Trinajstić information content (AvgIpc) is 2.56. The fraction of sp³-hybridized carbons (Fsp3) is 0.263. The van der Waals surface area contributed by atoms with Gasteiger partial charge in [0.05, 0.1) is 6.61 Å². The first kappa shape index (κ1) is 15.2. The van der Waals surface area contributed by atoms with Crippen LogP contribution in [0.1, 0.15) is 30.9 Å². The van der Waals surface area contributed by atoms with E-state index >= 15 is 0 Å². The molecule has 2 heteroatoms. The number of hydrogen-bond donors (Lipinski definition) is 1. The zero-order valence-corrected chi connectivity index (χ0v) is 12.3. The molecule has 1 N–H and O–H groups in total. The summed E-state index contributed by atoms with van der Waals surface area (Å²) in [5.41, 5.74) is -0.0605. The number of hydrogen-bond acceptors (Lipinski definition) is 2. The normalized spacial score (nSPS) is 13.2. The maximum absolute atomic E-state index is 10.8. The standard InChI is InChI=1S/C19H20O2/c1-3-5-15-21-18-13-11-17(12-14-18)19(20,4-2)16-9-7-6-8-10-16/h2,6-14,20H,3,5,15H2,1H3. The zero-order valence-electron chi connectivity index (χ0n) is 12.3. The van der Waals surface area contributed by atoms with Crippen LogP contribution in [0.4, 0.5) is 0 Å². The van der Waals surface area contributed by atoms with Crippen molar-refractivity contribution < 1.29 is 9.84 Å². The molecule has 2 aromatic rings.